The van der Waals surface area contributed by atoms with Gasteiger partial charge in [-0.3, -0.25) is 4.79 Å². The third-order valence-electron chi connectivity index (χ3n) is 7.08. The molecule has 4 rings (SSSR count). The van der Waals surface area contributed by atoms with Crippen molar-refractivity contribution in [3.63, 3.8) is 0 Å². The first-order chi connectivity index (χ1) is 15.1. The minimum Gasteiger partial charge on any atom is -0.404 e. The van der Waals surface area contributed by atoms with Gasteiger partial charge in [0.05, 0.1) is 11.1 Å². The maximum Gasteiger partial charge on any atom is 0.573 e. The van der Waals surface area contributed by atoms with Crippen LogP contribution < -0.4 is 9.64 Å². The summed E-state index contributed by atoms with van der Waals surface area (Å²) in [6.45, 7) is 5.91. The third kappa shape index (κ3) is 5.10. The van der Waals surface area contributed by atoms with Crippen LogP contribution in [0.3, 0.4) is 0 Å². The van der Waals surface area contributed by atoms with Crippen molar-refractivity contribution in [2.75, 3.05) is 44.2 Å². The molecule has 1 spiro atoms. The number of rotatable bonds is 6. The second kappa shape index (κ2) is 8.91. The zero-order chi connectivity index (χ0) is 23.1. The molecule has 3 fully saturated rings. The van der Waals surface area contributed by atoms with Crippen molar-refractivity contribution >= 4 is 23.2 Å². The summed E-state index contributed by atoms with van der Waals surface area (Å²) in [6, 6.07) is 3.67. The monoisotopic (exact) mass is 475 g/mol. The fourth-order valence-corrected chi connectivity index (χ4v) is 5.04. The van der Waals surface area contributed by atoms with E-state index in [0.29, 0.717) is 31.9 Å². The number of hydrogen-bond acceptors (Lipinski definition) is 5. The third-order valence-corrected chi connectivity index (χ3v) is 7.39. The number of anilines is 1. The van der Waals surface area contributed by atoms with E-state index in [4.69, 9.17) is 11.6 Å². The molecule has 1 aromatic carbocycles. The van der Waals surface area contributed by atoms with Crippen LogP contribution in [0.15, 0.2) is 18.2 Å². The number of hydrogen-bond donors (Lipinski definition) is 1. The Balaban J connectivity index is 1.30. The van der Waals surface area contributed by atoms with Crippen molar-refractivity contribution in [1.82, 2.24) is 9.80 Å². The maximum absolute atomic E-state index is 12.9. The molecule has 178 valence electrons. The van der Waals surface area contributed by atoms with E-state index in [1.165, 1.54) is 12.1 Å². The topological polar surface area (TPSA) is 56.2 Å². The summed E-state index contributed by atoms with van der Waals surface area (Å²) in [6.07, 6.45) is -0.947. The van der Waals surface area contributed by atoms with Crippen LogP contribution in [0.1, 0.15) is 32.6 Å². The van der Waals surface area contributed by atoms with Crippen LogP contribution in [-0.2, 0) is 4.79 Å². The van der Waals surface area contributed by atoms with E-state index in [1.807, 2.05) is 4.90 Å². The summed E-state index contributed by atoms with van der Waals surface area (Å²) in [5.74, 6) is -0.532. The highest BCUT2D eigenvalue weighted by Gasteiger charge is 2.51. The molecule has 2 unspecified atom stereocenters. The number of alkyl halides is 3. The first-order valence-electron chi connectivity index (χ1n) is 11.1. The zero-order valence-electron chi connectivity index (χ0n) is 18.1. The molecule has 1 amide bonds. The van der Waals surface area contributed by atoms with Crippen LogP contribution in [0.2, 0.25) is 5.02 Å². The molecule has 1 N–H and O–H groups in total. The number of carbonyl (C=O) groups excluding carboxylic acids is 1. The lowest BCUT2D eigenvalue weighted by atomic mass is 9.90. The van der Waals surface area contributed by atoms with E-state index < -0.39 is 18.2 Å². The van der Waals surface area contributed by atoms with Gasteiger partial charge in [0.15, 0.2) is 0 Å². The first-order valence-corrected chi connectivity index (χ1v) is 11.5. The maximum atomic E-state index is 12.9. The molecule has 1 saturated carbocycles. The number of benzene rings is 1. The molecule has 32 heavy (non-hydrogen) atoms. The second-order valence-electron chi connectivity index (χ2n) is 9.14. The van der Waals surface area contributed by atoms with E-state index >= 15 is 0 Å². The van der Waals surface area contributed by atoms with Crippen LogP contribution in [0.4, 0.5) is 18.9 Å². The number of aliphatic hydroxyl groups is 1. The van der Waals surface area contributed by atoms with E-state index in [1.54, 1.807) is 17.9 Å². The minimum atomic E-state index is -4.84. The summed E-state index contributed by atoms with van der Waals surface area (Å²) in [4.78, 5) is 18.8. The smallest absolute Gasteiger partial charge is 0.404 e. The van der Waals surface area contributed by atoms with E-state index in [-0.39, 0.29) is 22.4 Å². The number of piperazine rings is 1. The van der Waals surface area contributed by atoms with Gasteiger partial charge in [0, 0.05) is 37.9 Å². The van der Waals surface area contributed by atoms with Crippen molar-refractivity contribution in [3.8, 4) is 5.75 Å². The average molecular weight is 476 g/mol. The number of carbonyl (C=O) groups is 1. The van der Waals surface area contributed by atoms with E-state index in [0.717, 1.165) is 38.8 Å². The lowest BCUT2D eigenvalue weighted by molar-refractivity contribution is -0.274. The van der Waals surface area contributed by atoms with Gasteiger partial charge in [0.2, 0.25) is 5.91 Å². The number of ether oxygens (including phenoxy) is 1. The molecule has 2 atom stereocenters. The molecule has 2 aliphatic heterocycles. The van der Waals surface area contributed by atoms with Gasteiger partial charge in [0.25, 0.3) is 0 Å². The summed E-state index contributed by atoms with van der Waals surface area (Å²) < 4.78 is 41.9. The largest absolute Gasteiger partial charge is 0.573 e. The Bertz CT molecular complexity index is 849. The highest BCUT2D eigenvalue weighted by atomic mass is 35.5. The van der Waals surface area contributed by atoms with Gasteiger partial charge in [-0.25, -0.2) is 0 Å². The standard InChI is InChI=1S/C22H29ClF3N3O3/c1-15-20(31)28(9-2-8-27-10-7-21(5-6-21)19(30)14-27)11-12-29(15)16-3-4-17(23)18(13-16)32-22(24,25)26/h3-4,13,15,19,30H,2,5-12,14H2,1H3. The predicted molar refractivity (Wildman–Crippen MR) is 115 cm³/mol. The van der Waals surface area contributed by atoms with Gasteiger partial charge in [0.1, 0.15) is 11.8 Å². The SMILES string of the molecule is CC1C(=O)N(CCCN2CCC3(CC3)C(O)C2)CCN1c1ccc(Cl)c(OC(F)(F)F)c1. The second-order valence-corrected chi connectivity index (χ2v) is 9.55. The molecule has 2 saturated heterocycles. The van der Waals surface area contributed by atoms with Gasteiger partial charge < -0.3 is 24.5 Å². The van der Waals surface area contributed by atoms with Crippen molar-refractivity contribution in [1.29, 1.82) is 0 Å². The van der Waals surface area contributed by atoms with E-state index in [9.17, 15) is 23.1 Å². The average Bonchev–Trinajstić information content (AvgIpc) is 3.50. The summed E-state index contributed by atoms with van der Waals surface area (Å²) >= 11 is 5.84. The normalized spacial score (nSPS) is 26.0. The number of likely N-dealkylation sites (tertiary alicyclic amines) is 1. The molecule has 0 bridgehead atoms. The number of nitrogens with zero attached hydrogens (tertiary/aromatic N) is 3. The summed E-state index contributed by atoms with van der Waals surface area (Å²) in [5, 5.41) is 10.2. The van der Waals surface area contributed by atoms with Gasteiger partial charge in [-0.2, -0.15) is 0 Å². The summed E-state index contributed by atoms with van der Waals surface area (Å²) in [7, 11) is 0. The lowest BCUT2D eigenvalue weighted by Crippen LogP contribution is -2.56. The quantitative estimate of drug-likeness (QED) is 0.682. The zero-order valence-corrected chi connectivity index (χ0v) is 18.8. The number of aliphatic hydroxyl groups excluding tert-OH is 1. The Morgan fingerprint density at radius 3 is 2.59 bits per heavy atom. The van der Waals surface area contributed by atoms with Crippen LogP contribution in [0, 0.1) is 5.41 Å². The van der Waals surface area contributed by atoms with Crippen LogP contribution in [0.25, 0.3) is 0 Å². The van der Waals surface area contributed by atoms with Gasteiger partial charge in [-0.1, -0.05) is 11.6 Å². The molecule has 0 aromatic heterocycles. The molecule has 1 aromatic rings. The van der Waals surface area contributed by atoms with Crippen LogP contribution in [-0.4, -0.2) is 78.6 Å². The lowest BCUT2D eigenvalue weighted by Gasteiger charge is -2.41. The fraction of sp³-hybridized carbons (Fsp3) is 0.682. The Hall–Kier alpha value is -1.71. The summed E-state index contributed by atoms with van der Waals surface area (Å²) in [5.41, 5.74) is 0.649. The van der Waals surface area contributed by atoms with Crippen LogP contribution in [0.5, 0.6) is 5.75 Å². The number of amides is 1. The van der Waals surface area contributed by atoms with Crippen molar-refractivity contribution in [2.45, 2.75) is 51.1 Å². The minimum absolute atomic E-state index is 0.0555. The van der Waals surface area contributed by atoms with Gasteiger partial charge >= 0.3 is 6.36 Å². The van der Waals surface area contributed by atoms with E-state index in [2.05, 4.69) is 9.64 Å². The fourth-order valence-electron chi connectivity index (χ4n) is 4.89. The molecule has 3 aliphatic rings. The molecule has 0 radical (unpaired) electrons. The van der Waals surface area contributed by atoms with Crippen LogP contribution >= 0.6 is 11.6 Å². The highest BCUT2D eigenvalue weighted by Crippen LogP contribution is 2.53. The first kappa shape index (κ1) is 23.4. The Labute approximate surface area is 190 Å². The molecule has 6 nitrogen and oxygen atoms in total. The van der Waals surface area contributed by atoms with Crippen molar-refractivity contribution in [2.24, 2.45) is 5.41 Å². The molecule has 2 heterocycles. The van der Waals surface area contributed by atoms with Gasteiger partial charge in [-0.15, -0.1) is 13.2 Å². The van der Waals surface area contributed by atoms with Crippen molar-refractivity contribution in [3.05, 3.63) is 23.2 Å². The number of β-amino-alcohol motifs (C(OH)–C–C–N with tert-alkyl or cyclic N) is 1. The number of halogens is 4. The number of piperidine rings is 1. The Morgan fingerprint density at radius 2 is 1.94 bits per heavy atom. The molecule has 10 heteroatoms. The molecular weight excluding hydrogens is 447 g/mol. The highest BCUT2D eigenvalue weighted by molar-refractivity contribution is 6.32. The Kier molecular flexibility index (Phi) is 6.53. The molecular formula is C22H29ClF3N3O3. The van der Waals surface area contributed by atoms with Crippen molar-refractivity contribution < 1.29 is 27.8 Å². The predicted octanol–water partition coefficient (Wildman–Crippen LogP) is 3.51. The van der Waals surface area contributed by atoms with Gasteiger partial charge in [-0.05, 0) is 63.2 Å². The Morgan fingerprint density at radius 1 is 1.19 bits per heavy atom. The molecule has 1 aliphatic carbocycles.